The fraction of sp³-hybridized carbons (Fsp3) is 0.500. The third kappa shape index (κ3) is 2.41. The van der Waals surface area contributed by atoms with Crippen molar-refractivity contribution in [2.75, 3.05) is 6.54 Å². The Morgan fingerprint density at radius 2 is 2.04 bits per heavy atom. The normalized spacial score (nSPS) is 18.7. The van der Waals surface area contributed by atoms with Crippen LogP contribution in [0, 0.1) is 6.92 Å². The summed E-state index contributed by atoms with van der Waals surface area (Å²) in [5.74, 6) is 3.18. The van der Waals surface area contributed by atoms with E-state index in [0.29, 0.717) is 6.04 Å². The van der Waals surface area contributed by atoms with E-state index in [9.17, 15) is 0 Å². The van der Waals surface area contributed by atoms with E-state index in [0.717, 1.165) is 43.2 Å². The lowest BCUT2D eigenvalue weighted by molar-refractivity contribution is 0.227. The molecule has 3 heterocycles. The van der Waals surface area contributed by atoms with Gasteiger partial charge in [0.05, 0.1) is 23.6 Å². The van der Waals surface area contributed by atoms with Crippen molar-refractivity contribution in [3.05, 3.63) is 41.7 Å². The molecule has 0 radical (unpaired) electrons. The van der Waals surface area contributed by atoms with Crippen molar-refractivity contribution in [3.8, 4) is 0 Å². The summed E-state index contributed by atoms with van der Waals surface area (Å²) in [4.78, 5) is 7.46. The SMILES string of the molecule is CCn1c(C2CCCN2Cc2nnc(C)n2C)nc2ccccc21. The molecule has 1 atom stereocenters. The van der Waals surface area contributed by atoms with E-state index in [2.05, 4.69) is 55.4 Å². The molecule has 6 nitrogen and oxygen atoms in total. The van der Waals surface area contributed by atoms with Crippen LogP contribution in [0.2, 0.25) is 0 Å². The quantitative estimate of drug-likeness (QED) is 0.740. The van der Waals surface area contributed by atoms with Crippen molar-refractivity contribution in [1.29, 1.82) is 0 Å². The van der Waals surface area contributed by atoms with Crippen LogP contribution < -0.4 is 0 Å². The van der Waals surface area contributed by atoms with E-state index in [1.54, 1.807) is 0 Å². The van der Waals surface area contributed by atoms with Crippen molar-refractivity contribution in [2.24, 2.45) is 7.05 Å². The van der Waals surface area contributed by atoms with E-state index >= 15 is 0 Å². The number of hydrogen-bond donors (Lipinski definition) is 0. The third-order valence-electron chi connectivity index (χ3n) is 5.19. The van der Waals surface area contributed by atoms with E-state index in [-0.39, 0.29) is 0 Å². The fourth-order valence-corrected chi connectivity index (χ4v) is 3.76. The smallest absolute Gasteiger partial charge is 0.146 e. The molecule has 1 fully saturated rings. The van der Waals surface area contributed by atoms with Crippen molar-refractivity contribution in [2.45, 2.75) is 45.8 Å². The van der Waals surface area contributed by atoms with Gasteiger partial charge in [0.25, 0.3) is 0 Å². The van der Waals surface area contributed by atoms with Crippen LogP contribution in [0.3, 0.4) is 0 Å². The first-order valence-corrected chi connectivity index (χ1v) is 8.73. The van der Waals surface area contributed by atoms with Crippen molar-refractivity contribution < 1.29 is 0 Å². The van der Waals surface area contributed by atoms with Gasteiger partial charge in [-0.05, 0) is 45.4 Å². The lowest BCUT2D eigenvalue weighted by Crippen LogP contribution is -2.26. The van der Waals surface area contributed by atoms with Crippen LogP contribution >= 0.6 is 0 Å². The van der Waals surface area contributed by atoms with Crippen LogP contribution in [0.1, 0.15) is 43.3 Å². The maximum absolute atomic E-state index is 4.96. The Morgan fingerprint density at radius 3 is 2.79 bits per heavy atom. The minimum Gasteiger partial charge on any atom is -0.327 e. The second kappa shape index (κ2) is 6.02. The Kier molecular flexibility index (Phi) is 3.84. The highest BCUT2D eigenvalue weighted by molar-refractivity contribution is 5.76. The molecule has 1 aromatic carbocycles. The Labute approximate surface area is 142 Å². The van der Waals surface area contributed by atoms with Crippen molar-refractivity contribution in [1.82, 2.24) is 29.2 Å². The Morgan fingerprint density at radius 1 is 1.21 bits per heavy atom. The predicted octanol–water partition coefficient (Wildman–Crippen LogP) is 2.83. The molecule has 4 rings (SSSR count). The summed E-state index contributed by atoms with van der Waals surface area (Å²) in [6.45, 7) is 7.05. The van der Waals surface area contributed by atoms with Gasteiger partial charge in [0.15, 0.2) is 0 Å². The van der Waals surface area contributed by atoms with Crippen LogP contribution in [0.15, 0.2) is 24.3 Å². The number of para-hydroxylation sites is 2. The Balaban J connectivity index is 1.69. The number of aromatic nitrogens is 5. The molecule has 6 heteroatoms. The first-order valence-electron chi connectivity index (χ1n) is 8.73. The minimum atomic E-state index is 0.356. The number of imidazole rings is 1. The van der Waals surface area contributed by atoms with Crippen molar-refractivity contribution >= 4 is 11.0 Å². The molecular formula is C18H24N6. The molecule has 0 bridgehead atoms. The zero-order valence-corrected chi connectivity index (χ0v) is 14.6. The molecule has 0 amide bonds. The lowest BCUT2D eigenvalue weighted by atomic mass is 10.2. The molecule has 2 aromatic heterocycles. The number of benzene rings is 1. The third-order valence-corrected chi connectivity index (χ3v) is 5.19. The molecule has 1 saturated heterocycles. The predicted molar refractivity (Wildman–Crippen MR) is 93.5 cm³/mol. The van der Waals surface area contributed by atoms with E-state index in [1.165, 1.54) is 17.8 Å². The second-order valence-corrected chi connectivity index (χ2v) is 6.55. The number of nitrogens with zero attached hydrogens (tertiary/aromatic N) is 6. The number of aryl methyl sites for hydroxylation is 2. The van der Waals surface area contributed by atoms with Crippen LogP contribution in [0.4, 0.5) is 0 Å². The summed E-state index contributed by atoms with van der Waals surface area (Å²) in [5, 5.41) is 8.53. The molecule has 1 unspecified atom stereocenters. The molecule has 0 N–H and O–H groups in total. The Bertz CT molecular complexity index is 862. The van der Waals surface area contributed by atoms with Crippen LogP contribution in [-0.2, 0) is 20.1 Å². The molecule has 3 aromatic rings. The molecule has 126 valence electrons. The van der Waals surface area contributed by atoms with Gasteiger partial charge in [0, 0.05) is 13.6 Å². The van der Waals surface area contributed by atoms with E-state index < -0.39 is 0 Å². The highest BCUT2D eigenvalue weighted by Crippen LogP contribution is 2.34. The van der Waals surface area contributed by atoms with Crippen LogP contribution in [0.25, 0.3) is 11.0 Å². The topological polar surface area (TPSA) is 51.8 Å². The minimum absolute atomic E-state index is 0.356. The van der Waals surface area contributed by atoms with Gasteiger partial charge in [-0.25, -0.2) is 4.98 Å². The summed E-state index contributed by atoms with van der Waals surface area (Å²) in [5.41, 5.74) is 2.33. The average molecular weight is 324 g/mol. The zero-order valence-electron chi connectivity index (χ0n) is 14.6. The van der Waals surface area contributed by atoms with Gasteiger partial charge >= 0.3 is 0 Å². The van der Waals surface area contributed by atoms with Gasteiger partial charge in [-0.15, -0.1) is 10.2 Å². The maximum Gasteiger partial charge on any atom is 0.146 e. The van der Waals surface area contributed by atoms with Crippen LogP contribution in [0.5, 0.6) is 0 Å². The molecule has 24 heavy (non-hydrogen) atoms. The monoisotopic (exact) mass is 324 g/mol. The maximum atomic E-state index is 4.96. The van der Waals surface area contributed by atoms with Gasteiger partial charge in [-0.2, -0.15) is 0 Å². The van der Waals surface area contributed by atoms with Gasteiger partial charge in [0.2, 0.25) is 0 Å². The first kappa shape index (κ1) is 15.3. The first-order chi connectivity index (χ1) is 11.7. The second-order valence-electron chi connectivity index (χ2n) is 6.55. The number of rotatable bonds is 4. The summed E-state index contributed by atoms with van der Waals surface area (Å²) in [7, 11) is 2.04. The lowest BCUT2D eigenvalue weighted by Gasteiger charge is -2.24. The summed E-state index contributed by atoms with van der Waals surface area (Å²) < 4.78 is 4.44. The van der Waals surface area contributed by atoms with E-state index in [4.69, 9.17) is 4.98 Å². The molecule has 1 aliphatic heterocycles. The molecule has 0 spiro atoms. The van der Waals surface area contributed by atoms with Gasteiger partial charge in [-0.1, -0.05) is 12.1 Å². The zero-order chi connectivity index (χ0) is 16.7. The standard InChI is InChI=1S/C18H24N6/c1-4-24-15-9-6-5-8-14(15)19-18(24)16-10-7-11-23(16)12-17-21-20-13(2)22(17)3/h5-6,8-9,16H,4,7,10-12H2,1-3H3. The van der Waals surface area contributed by atoms with Crippen LogP contribution in [-0.4, -0.2) is 35.8 Å². The molecular weight excluding hydrogens is 300 g/mol. The fourth-order valence-electron chi connectivity index (χ4n) is 3.76. The van der Waals surface area contributed by atoms with Gasteiger partial charge in [-0.3, -0.25) is 4.90 Å². The Hall–Kier alpha value is -2.21. The summed E-state index contributed by atoms with van der Waals surface area (Å²) in [6.07, 6.45) is 2.36. The molecule has 1 aliphatic rings. The highest BCUT2D eigenvalue weighted by atomic mass is 15.3. The van der Waals surface area contributed by atoms with Gasteiger partial charge in [0.1, 0.15) is 17.5 Å². The number of likely N-dealkylation sites (tertiary alicyclic amines) is 1. The van der Waals surface area contributed by atoms with E-state index in [1.807, 2.05) is 14.0 Å². The highest BCUT2D eigenvalue weighted by Gasteiger charge is 2.31. The average Bonchev–Trinajstić information content (AvgIpc) is 3.28. The number of fused-ring (bicyclic) bond motifs is 1. The molecule has 0 saturated carbocycles. The summed E-state index contributed by atoms with van der Waals surface area (Å²) >= 11 is 0. The van der Waals surface area contributed by atoms with Gasteiger partial charge < -0.3 is 9.13 Å². The summed E-state index contributed by atoms with van der Waals surface area (Å²) in [6, 6.07) is 8.79. The number of hydrogen-bond acceptors (Lipinski definition) is 4. The van der Waals surface area contributed by atoms with Crippen molar-refractivity contribution in [3.63, 3.8) is 0 Å². The largest absolute Gasteiger partial charge is 0.327 e. The molecule has 0 aliphatic carbocycles.